The molecule has 0 spiro atoms. The average Bonchev–Trinajstić information content (AvgIpc) is 3.00. The summed E-state index contributed by atoms with van der Waals surface area (Å²) in [7, 11) is 3.85. The lowest BCUT2D eigenvalue weighted by Crippen LogP contribution is -2.38. The molecule has 0 radical (unpaired) electrons. The summed E-state index contributed by atoms with van der Waals surface area (Å²) < 4.78 is 1.96. The molecule has 0 aliphatic carbocycles. The van der Waals surface area contributed by atoms with Crippen LogP contribution >= 0.6 is 0 Å². The average molecular weight is 302 g/mol. The standard InChI is InChI=1S/C16H22N4O2/c1-11-12(20-7-5-4-6-15(20)17-11)8-16(22)19-9-13(18(2)3)14(21)10-19/h4-7,13-14,21H,8-10H2,1-3H3/t13-,14-/m1/s1. The number of aromatic nitrogens is 2. The van der Waals surface area contributed by atoms with Crippen LogP contribution in [-0.4, -0.2) is 69.5 Å². The largest absolute Gasteiger partial charge is 0.390 e. The summed E-state index contributed by atoms with van der Waals surface area (Å²) in [5.74, 6) is 0.0390. The monoisotopic (exact) mass is 302 g/mol. The SMILES string of the molecule is Cc1nc2ccccn2c1CC(=O)N1C[C@@H](O)[C@H](N(C)C)C1. The number of carbonyl (C=O) groups is 1. The molecule has 6 nitrogen and oxygen atoms in total. The van der Waals surface area contributed by atoms with Crippen molar-refractivity contribution >= 4 is 11.6 Å². The van der Waals surface area contributed by atoms with Crippen molar-refractivity contribution in [2.75, 3.05) is 27.2 Å². The number of amides is 1. The Bertz CT molecular complexity index is 695. The van der Waals surface area contributed by atoms with E-state index < -0.39 is 6.10 Å². The second-order valence-corrected chi connectivity index (χ2v) is 6.15. The predicted octanol–water partition coefficient (Wildman–Crippen LogP) is 0.319. The molecule has 2 atom stereocenters. The molecule has 1 N–H and O–H groups in total. The Morgan fingerprint density at radius 2 is 2.18 bits per heavy atom. The lowest BCUT2D eigenvalue weighted by molar-refractivity contribution is -0.129. The van der Waals surface area contributed by atoms with E-state index in [-0.39, 0.29) is 11.9 Å². The van der Waals surface area contributed by atoms with Crippen molar-refractivity contribution in [1.82, 2.24) is 19.2 Å². The number of carbonyl (C=O) groups excluding carboxylic acids is 1. The van der Waals surface area contributed by atoms with Crippen LogP contribution in [0.4, 0.5) is 0 Å². The Balaban J connectivity index is 1.78. The second-order valence-electron chi connectivity index (χ2n) is 6.15. The summed E-state index contributed by atoms with van der Waals surface area (Å²) in [4.78, 5) is 20.8. The van der Waals surface area contributed by atoms with Gasteiger partial charge in [-0.15, -0.1) is 0 Å². The van der Waals surface area contributed by atoms with Crippen molar-refractivity contribution in [1.29, 1.82) is 0 Å². The Morgan fingerprint density at radius 3 is 2.86 bits per heavy atom. The highest BCUT2D eigenvalue weighted by Gasteiger charge is 2.35. The zero-order valence-electron chi connectivity index (χ0n) is 13.2. The Labute approximate surface area is 130 Å². The lowest BCUT2D eigenvalue weighted by atomic mass is 10.2. The van der Waals surface area contributed by atoms with Crippen LogP contribution in [0.3, 0.4) is 0 Å². The molecule has 118 valence electrons. The number of likely N-dealkylation sites (tertiary alicyclic amines) is 1. The maximum atomic E-state index is 12.6. The lowest BCUT2D eigenvalue weighted by Gasteiger charge is -2.21. The molecule has 0 aromatic carbocycles. The van der Waals surface area contributed by atoms with Crippen LogP contribution in [0.25, 0.3) is 5.65 Å². The third-order valence-electron chi connectivity index (χ3n) is 4.42. The second kappa shape index (κ2) is 5.70. The van der Waals surface area contributed by atoms with Gasteiger partial charge in [-0.2, -0.15) is 0 Å². The van der Waals surface area contributed by atoms with Gasteiger partial charge < -0.3 is 19.3 Å². The molecule has 1 fully saturated rings. The smallest absolute Gasteiger partial charge is 0.228 e. The van der Waals surface area contributed by atoms with E-state index in [1.165, 1.54) is 0 Å². The Hall–Kier alpha value is -1.92. The molecule has 2 aromatic rings. The molecule has 0 unspecified atom stereocenters. The number of hydrogen-bond donors (Lipinski definition) is 1. The van der Waals surface area contributed by atoms with E-state index in [1.807, 2.05) is 54.7 Å². The summed E-state index contributed by atoms with van der Waals surface area (Å²) in [6, 6.07) is 5.81. The molecule has 1 aliphatic rings. The topological polar surface area (TPSA) is 61.1 Å². The number of hydrogen-bond acceptors (Lipinski definition) is 4. The highest BCUT2D eigenvalue weighted by Crippen LogP contribution is 2.18. The van der Waals surface area contributed by atoms with Crippen LogP contribution in [0.2, 0.25) is 0 Å². The maximum absolute atomic E-state index is 12.6. The molecule has 3 heterocycles. The Morgan fingerprint density at radius 1 is 1.41 bits per heavy atom. The van der Waals surface area contributed by atoms with Crippen LogP contribution in [-0.2, 0) is 11.2 Å². The zero-order valence-corrected chi connectivity index (χ0v) is 13.2. The first kappa shape index (κ1) is 15.0. The third kappa shape index (κ3) is 2.60. The number of aliphatic hydroxyl groups excluding tert-OH is 1. The van der Waals surface area contributed by atoms with Crippen molar-refractivity contribution < 1.29 is 9.90 Å². The number of nitrogens with zero attached hydrogens (tertiary/aromatic N) is 4. The van der Waals surface area contributed by atoms with Crippen LogP contribution in [0, 0.1) is 6.92 Å². The summed E-state index contributed by atoms with van der Waals surface area (Å²) in [5.41, 5.74) is 2.65. The molecule has 3 rings (SSSR count). The van der Waals surface area contributed by atoms with E-state index in [2.05, 4.69) is 4.98 Å². The van der Waals surface area contributed by atoms with E-state index >= 15 is 0 Å². The fourth-order valence-corrected chi connectivity index (χ4v) is 3.11. The fraction of sp³-hybridized carbons (Fsp3) is 0.500. The van der Waals surface area contributed by atoms with Gasteiger partial charge >= 0.3 is 0 Å². The molecule has 0 bridgehead atoms. The molecule has 0 saturated carbocycles. The number of rotatable bonds is 3. The van der Waals surface area contributed by atoms with Gasteiger partial charge in [0.05, 0.1) is 30.0 Å². The zero-order chi connectivity index (χ0) is 15.9. The highest BCUT2D eigenvalue weighted by molar-refractivity contribution is 5.79. The Kier molecular flexibility index (Phi) is 3.88. The van der Waals surface area contributed by atoms with Crippen LogP contribution in [0.15, 0.2) is 24.4 Å². The molecule has 2 aromatic heterocycles. The maximum Gasteiger partial charge on any atom is 0.228 e. The van der Waals surface area contributed by atoms with Gasteiger partial charge in [0.2, 0.25) is 5.91 Å². The normalized spacial score (nSPS) is 22.0. The molecule has 1 aliphatic heterocycles. The first-order chi connectivity index (χ1) is 10.5. The number of aliphatic hydroxyl groups is 1. The molecule has 22 heavy (non-hydrogen) atoms. The van der Waals surface area contributed by atoms with Crippen LogP contribution in [0.5, 0.6) is 0 Å². The quantitative estimate of drug-likeness (QED) is 0.887. The van der Waals surface area contributed by atoms with E-state index in [0.717, 1.165) is 17.0 Å². The summed E-state index contributed by atoms with van der Waals surface area (Å²) in [5, 5.41) is 10.1. The minimum absolute atomic E-state index is 0.00670. The van der Waals surface area contributed by atoms with Crippen molar-refractivity contribution in [3.8, 4) is 0 Å². The van der Waals surface area contributed by atoms with Gasteiger partial charge in [0.15, 0.2) is 0 Å². The number of pyridine rings is 1. The molecular formula is C16H22N4O2. The number of fused-ring (bicyclic) bond motifs is 1. The number of imidazole rings is 1. The third-order valence-corrected chi connectivity index (χ3v) is 4.42. The van der Waals surface area contributed by atoms with Crippen LogP contribution < -0.4 is 0 Å². The number of β-amino-alcohol motifs (C(OH)–C–C–N with tert-alkyl or cyclic N) is 1. The van der Waals surface area contributed by atoms with Crippen molar-refractivity contribution in [2.45, 2.75) is 25.5 Å². The number of likely N-dealkylation sites (N-methyl/N-ethyl adjacent to an activating group) is 1. The van der Waals surface area contributed by atoms with Gasteiger partial charge in [0, 0.05) is 19.3 Å². The molecule has 6 heteroatoms. The van der Waals surface area contributed by atoms with E-state index in [9.17, 15) is 9.90 Å². The van der Waals surface area contributed by atoms with Gasteiger partial charge in [0.25, 0.3) is 0 Å². The van der Waals surface area contributed by atoms with E-state index in [4.69, 9.17) is 0 Å². The first-order valence-electron chi connectivity index (χ1n) is 7.52. The summed E-state index contributed by atoms with van der Waals surface area (Å²) in [6.45, 7) is 2.90. The minimum Gasteiger partial charge on any atom is -0.390 e. The van der Waals surface area contributed by atoms with Gasteiger partial charge in [-0.3, -0.25) is 4.79 Å². The van der Waals surface area contributed by atoms with E-state index in [1.54, 1.807) is 4.90 Å². The molecule has 1 saturated heterocycles. The predicted molar refractivity (Wildman–Crippen MR) is 83.7 cm³/mol. The molecule has 1 amide bonds. The fourth-order valence-electron chi connectivity index (χ4n) is 3.11. The highest BCUT2D eigenvalue weighted by atomic mass is 16.3. The van der Waals surface area contributed by atoms with Crippen LogP contribution in [0.1, 0.15) is 11.4 Å². The van der Waals surface area contributed by atoms with E-state index in [0.29, 0.717) is 19.5 Å². The van der Waals surface area contributed by atoms with Crippen molar-refractivity contribution in [3.63, 3.8) is 0 Å². The summed E-state index contributed by atoms with van der Waals surface area (Å²) in [6.07, 6.45) is 1.76. The minimum atomic E-state index is -0.484. The number of aryl methyl sites for hydroxylation is 1. The van der Waals surface area contributed by atoms with Crippen molar-refractivity contribution in [3.05, 3.63) is 35.8 Å². The first-order valence-corrected chi connectivity index (χ1v) is 7.52. The summed E-state index contributed by atoms with van der Waals surface area (Å²) >= 11 is 0. The van der Waals surface area contributed by atoms with Gasteiger partial charge in [-0.25, -0.2) is 4.98 Å². The van der Waals surface area contributed by atoms with Gasteiger partial charge in [0.1, 0.15) is 5.65 Å². The van der Waals surface area contributed by atoms with Gasteiger partial charge in [-0.1, -0.05) is 6.07 Å². The van der Waals surface area contributed by atoms with Gasteiger partial charge in [-0.05, 0) is 33.2 Å². The van der Waals surface area contributed by atoms with Crippen molar-refractivity contribution in [2.24, 2.45) is 0 Å². The molecular weight excluding hydrogens is 280 g/mol.